The predicted molar refractivity (Wildman–Crippen MR) is 101 cm³/mol. The summed E-state index contributed by atoms with van der Waals surface area (Å²) in [7, 11) is 0. The summed E-state index contributed by atoms with van der Waals surface area (Å²) in [6, 6.07) is 12.0. The van der Waals surface area contributed by atoms with Crippen LogP contribution in [0.1, 0.15) is 36.8 Å². The molecule has 2 amide bonds. The van der Waals surface area contributed by atoms with Gasteiger partial charge in [-0.1, -0.05) is 18.2 Å². The van der Waals surface area contributed by atoms with E-state index in [4.69, 9.17) is 4.74 Å². The van der Waals surface area contributed by atoms with Crippen molar-refractivity contribution in [1.29, 1.82) is 0 Å². The number of hydrogen-bond acceptors (Lipinski definition) is 2. The number of carbonyl (C=O) groups is 1. The Morgan fingerprint density at radius 2 is 1.62 bits per heavy atom. The van der Waals surface area contributed by atoms with Gasteiger partial charge < -0.3 is 15.4 Å². The fourth-order valence-corrected chi connectivity index (χ4v) is 3.38. The van der Waals surface area contributed by atoms with Crippen molar-refractivity contribution >= 4 is 11.7 Å². The standard InChI is InChI=1S/C21H25FN2O2/c1-14-4-3-5-15(2)20(14)24-21(25)23-17-8-12-19(13-9-17)26-18-10-6-16(22)7-11-18/h3-7,10-11,17,19H,8-9,12-13H2,1-2H3,(H2,23,24,25)/t17-,19+. The average molecular weight is 356 g/mol. The molecule has 0 unspecified atom stereocenters. The van der Waals surface area contributed by atoms with Gasteiger partial charge in [-0.25, -0.2) is 9.18 Å². The minimum atomic E-state index is -0.264. The Morgan fingerprint density at radius 1 is 1.00 bits per heavy atom. The van der Waals surface area contributed by atoms with E-state index in [9.17, 15) is 9.18 Å². The summed E-state index contributed by atoms with van der Waals surface area (Å²) in [5.41, 5.74) is 2.98. The van der Waals surface area contributed by atoms with Crippen LogP contribution >= 0.6 is 0 Å². The number of para-hydroxylation sites is 1. The highest BCUT2D eigenvalue weighted by Crippen LogP contribution is 2.24. The van der Waals surface area contributed by atoms with Gasteiger partial charge in [-0.3, -0.25) is 0 Å². The zero-order valence-electron chi connectivity index (χ0n) is 15.2. The van der Waals surface area contributed by atoms with Gasteiger partial charge in [-0.05, 0) is 74.9 Å². The van der Waals surface area contributed by atoms with Gasteiger partial charge in [0.15, 0.2) is 0 Å². The molecule has 0 aliphatic heterocycles. The number of aryl methyl sites for hydroxylation is 2. The van der Waals surface area contributed by atoms with Crippen LogP contribution in [0.4, 0.5) is 14.9 Å². The Kier molecular flexibility index (Phi) is 5.76. The second kappa shape index (κ2) is 8.21. The Hall–Kier alpha value is -2.56. The fraction of sp³-hybridized carbons (Fsp3) is 0.381. The van der Waals surface area contributed by atoms with Gasteiger partial charge in [0.1, 0.15) is 11.6 Å². The Morgan fingerprint density at radius 3 is 2.23 bits per heavy atom. The average Bonchev–Trinajstić information content (AvgIpc) is 2.62. The van der Waals surface area contributed by atoms with Crippen LogP contribution in [0.25, 0.3) is 0 Å². The highest BCUT2D eigenvalue weighted by molar-refractivity contribution is 5.91. The molecule has 2 aromatic carbocycles. The Labute approximate surface area is 153 Å². The van der Waals surface area contributed by atoms with Crippen molar-refractivity contribution < 1.29 is 13.9 Å². The highest BCUT2D eigenvalue weighted by Gasteiger charge is 2.24. The molecule has 0 bridgehead atoms. The first-order valence-electron chi connectivity index (χ1n) is 9.07. The van der Waals surface area contributed by atoms with Crippen molar-refractivity contribution in [2.24, 2.45) is 0 Å². The molecule has 4 nitrogen and oxygen atoms in total. The Bertz CT molecular complexity index is 733. The van der Waals surface area contributed by atoms with Crippen LogP contribution < -0.4 is 15.4 Å². The molecule has 1 saturated carbocycles. The number of ether oxygens (including phenoxy) is 1. The zero-order chi connectivity index (χ0) is 18.5. The van der Waals surface area contributed by atoms with E-state index in [0.29, 0.717) is 5.75 Å². The number of halogens is 1. The number of urea groups is 1. The number of anilines is 1. The lowest BCUT2D eigenvalue weighted by Crippen LogP contribution is -2.41. The number of rotatable bonds is 4. The van der Waals surface area contributed by atoms with Crippen molar-refractivity contribution in [3.8, 4) is 5.75 Å². The summed E-state index contributed by atoms with van der Waals surface area (Å²) in [6.45, 7) is 3.97. The van der Waals surface area contributed by atoms with Crippen molar-refractivity contribution in [3.63, 3.8) is 0 Å². The lowest BCUT2D eigenvalue weighted by molar-refractivity contribution is 0.141. The Balaban J connectivity index is 1.46. The van der Waals surface area contributed by atoms with Gasteiger partial charge >= 0.3 is 6.03 Å². The van der Waals surface area contributed by atoms with Crippen LogP contribution in [0.15, 0.2) is 42.5 Å². The summed E-state index contributed by atoms with van der Waals surface area (Å²) < 4.78 is 18.8. The maximum atomic E-state index is 12.9. The topological polar surface area (TPSA) is 50.4 Å². The summed E-state index contributed by atoms with van der Waals surface area (Å²) in [4.78, 5) is 12.3. The van der Waals surface area contributed by atoms with Gasteiger partial charge in [0.2, 0.25) is 0 Å². The van der Waals surface area contributed by atoms with E-state index in [-0.39, 0.29) is 24.0 Å². The van der Waals surface area contributed by atoms with E-state index in [1.54, 1.807) is 12.1 Å². The van der Waals surface area contributed by atoms with E-state index in [1.165, 1.54) is 12.1 Å². The lowest BCUT2D eigenvalue weighted by Gasteiger charge is -2.29. The van der Waals surface area contributed by atoms with Gasteiger partial charge in [-0.15, -0.1) is 0 Å². The summed E-state index contributed by atoms with van der Waals surface area (Å²) in [5.74, 6) is 0.427. The third-order valence-electron chi connectivity index (χ3n) is 4.85. The number of benzene rings is 2. The van der Waals surface area contributed by atoms with Crippen LogP contribution in [0, 0.1) is 19.7 Å². The minimum Gasteiger partial charge on any atom is -0.490 e. The molecule has 0 aromatic heterocycles. The molecular formula is C21H25FN2O2. The molecule has 1 aliphatic carbocycles. The minimum absolute atomic E-state index is 0.111. The molecule has 1 aliphatic rings. The maximum absolute atomic E-state index is 12.9. The molecule has 2 N–H and O–H groups in total. The van der Waals surface area contributed by atoms with Crippen molar-refractivity contribution in [2.75, 3.05) is 5.32 Å². The molecule has 0 spiro atoms. The number of carbonyl (C=O) groups excluding carboxylic acids is 1. The normalized spacial score (nSPS) is 19.7. The molecule has 2 aromatic rings. The predicted octanol–water partition coefficient (Wildman–Crippen LogP) is 4.95. The molecule has 26 heavy (non-hydrogen) atoms. The largest absolute Gasteiger partial charge is 0.490 e. The third kappa shape index (κ3) is 4.75. The molecule has 5 heteroatoms. The fourth-order valence-electron chi connectivity index (χ4n) is 3.38. The van der Waals surface area contributed by atoms with Crippen LogP contribution in [-0.2, 0) is 0 Å². The molecule has 0 radical (unpaired) electrons. The van der Waals surface area contributed by atoms with E-state index >= 15 is 0 Å². The smallest absolute Gasteiger partial charge is 0.319 e. The first-order chi connectivity index (χ1) is 12.5. The number of nitrogens with one attached hydrogen (secondary N) is 2. The molecule has 1 fully saturated rings. The lowest BCUT2D eigenvalue weighted by atomic mass is 9.93. The van der Waals surface area contributed by atoms with Gasteiger partial charge in [0, 0.05) is 11.7 Å². The van der Waals surface area contributed by atoms with Crippen LogP contribution in [-0.4, -0.2) is 18.2 Å². The number of amides is 2. The van der Waals surface area contributed by atoms with Gasteiger partial charge in [0.25, 0.3) is 0 Å². The van der Waals surface area contributed by atoms with Gasteiger partial charge in [-0.2, -0.15) is 0 Å². The van der Waals surface area contributed by atoms with Crippen LogP contribution in [0.5, 0.6) is 5.75 Å². The molecule has 3 rings (SSSR count). The van der Waals surface area contributed by atoms with Crippen molar-refractivity contribution in [3.05, 3.63) is 59.4 Å². The van der Waals surface area contributed by atoms with E-state index in [2.05, 4.69) is 10.6 Å². The van der Waals surface area contributed by atoms with E-state index < -0.39 is 0 Å². The second-order valence-electron chi connectivity index (χ2n) is 6.91. The monoisotopic (exact) mass is 356 g/mol. The first-order valence-corrected chi connectivity index (χ1v) is 9.07. The summed E-state index contributed by atoms with van der Waals surface area (Å²) >= 11 is 0. The van der Waals surface area contributed by atoms with Gasteiger partial charge in [0.05, 0.1) is 6.10 Å². The molecule has 0 atom stereocenters. The molecule has 0 heterocycles. The quantitative estimate of drug-likeness (QED) is 0.814. The molecule has 138 valence electrons. The molecule has 0 saturated heterocycles. The first kappa shape index (κ1) is 18.2. The zero-order valence-corrected chi connectivity index (χ0v) is 15.2. The second-order valence-corrected chi connectivity index (χ2v) is 6.91. The maximum Gasteiger partial charge on any atom is 0.319 e. The highest BCUT2D eigenvalue weighted by atomic mass is 19.1. The van der Waals surface area contributed by atoms with E-state index in [0.717, 1.165) is 42.5 Å². The molecular weight excluding hydrogens is 331 g/mol. The van der Waals surface area contributed by atoms with Crippen LogP contribution in [0.2, 0.25) is 0 Å². The third-order valence-corrected chi connectivity index (χ3v) is 4.85. The number of hydrogen-bond donors (Lipinski definition) is 2. The van der Waals surface area contributed by atoms with Crippen molar-refractivity contribution in [1.82, 2.24) is 5.32 Å². The van der Waals surface area contributed by atoms with Crippen LogP contribution in [0.3, 0.4) is 0 Å². The summed E-state index contributed by atoms with van der Waals surface area (Å²) in [6.07, 6.45) is 3.58. The SMILES string of the molecule is Cc1cccc(C)c1NC(=O)N[C@H]1CC[C@@H](Oc2ccc(F)cc2)CC1. The summed E-state index contributed by atoms with van der Waals surface area (Å²) in [5, 5.41) is 6.02. The van der Waals surface area contributed by atoms with E-state index in [1.807, 2.05) is 32.0 Å². The van der Waals surface area contributed by atoms with Crippen molar-refractivity contribution in [2.45, 2.75) is 51.7 Å².